The SMILES string of the molecule is Cc1ccnc(NC2CCCOC2)n1. The number of anilines is 1. The summed E-state index contributed by atoms with van der Waals surface area (Å²) in [6.45, 7) is 3.61. The lowest BCUT2D eigenvalue weighted by atomic mass is 10.1. The van der Waals surface area contributed by atoms with Gasteiger partial charge in [0.15, 0.2) is 0 Å². The maximum atomic E-state index is 5.37. The highest BCUT2D eigenvalue weighted by Crippen LogP contribution is 2.10. The number of ether oxygens (including phenoxy) is 1. The second-order valence-electron chi connectivity index (χ2n) is 3.58. The predicted molar refractivity (Wildman–Crippen MR) is 54.2 cm³/mol. The summed E-state index contributed by atoms with van der Waals surface area (Å²) in [6, 6.07) is 2.26. The van der Waals surface area contributed by atoms with Gasteiger partial charge in [-0.3, -0.25) is 0 Å². The van der Waals surface area contributed by atoms with E-state index in [0.29, 0.717) is 12.0 Å². The number of nitrogens with one attached hydrogen (secondary N) is 1. The molecule has 1 saturated heterocycles. The average molecular weight is 193 g/mol. The number of hydrogen-bond donors (Lipinski definition) is 1. The van der Waals surface area contributed by atoms with Gasteiger partial charge in [-0.25, -0.2) is 9.97 Å². The summed E-state index contributed by atoms with van der Waals surface area (Å²) in [5.74, 6) is 0.709. The van der Waals surface area contributed by atoms with E-state index in [-0.39, 0.29) is 0 Å². The fraction of sp³-hybridized carbons (Fsp3) is 0.600. The smallest absolute Gasteiger partial charge is 0.223 e. The van der Waals surface area contributed by atoms with Crippen LogP contribution in [-0.2, 0) is 4.74 Å². The van der Waals surface area contributed by atoms with Gasteiger partial charge in [-0.05, 0) is 25.8 Å². The summed E-state index contributed by atoms with van der Waals surface area (Å²) in [5.41, 5.74) is 0.985. The second-order valence-corrected chi connectivity index (χ2v) is 3.58. The van der Waals surface area contributed by atoms with Crippen LogP contribution in [0.2, 0.25) is 0 Å². The summed E-state index contributed by atoms with van der Waals surface area (Å²) in [5, 5.41) is 3.27. The van der Waals surface area contributed by atoms with Gasteiger partial charge in [-0.2, -0.15) is 0 Å². The van der Waals surface area contributed by atoms with E-state index in [0.717, 1.165) is 31.7 Å². The molecule has 4 heteroatoms. The Labute approximate surface area is 83.7 Å². The highest BCUT2D eigenvalue weighted by Gasteiger charge is 2.14. The molecule has 76 valence electrons. The van der Waals surface area contributed by atoms with E-state index in [4.69, 9.17) is 4.74 Å². The molecule has 14 heavy (non-hydrogen) atoms. The van der Waals surface area contributed by atoms with Crippen molar-refractivity contribution in [2.24, 2.45) is 0 Å². The van der Waals surface area contributed by atoms with Gasteiger partial charge in [0.2, 0.25) is 5.95 Å². The number of aryl methyl sites for hydroxylation is 1. The lowest BCUT2D eigenvalue weighted by Crippen LogP contribution is -2.30. The van der Waals surface area contributed by atoms with Crippen molar-refractivity contribution in [3.8, 4) is 0 Å². The lowest BCUT2D eigenvalue weighted by molar-refractivity contribution is 0.0874. The fourth-order valence-corrected chi connectivity index (χ4v) is 1.56. The predicted octanol–water partition coefficient (Wildman–Crippen LogP) is 1.38. The minimum atomic E-state index is 0.366. The third kappa shape index (κ3) is 2.42. The van der Waals surface area contributed by atoms with E-state index in [1.807, 2.05) is 13.0 Å². The minimum absolute atomic E-state index is 0.366. The second kappa shape index (κ2) is 4.37. The molecule has 4 nitrogen and oxygen atoms in total. The third-order valence-corrected chi connectivity index (χ3v) is 2.29. The first-order valence-electron chi connectivity index (χ1n) is 4.98. The van der Waals surface area contributed by atoms with E-state index < -0.39 is 0 Å². The molecule has 1 aliphatic heterocycles. The molecule has 2 heterocycles. The molecule has 1 aromatic rings. The van der Waals surface area contributed by atoms with Crippen LogP contribution in [0, 0.1) is 6.92 Å². The van der Waals surface area contributed by atoms with Crippen molar-refractivity contribution in [3.63, 3.8) is 0 Å². The van der Waals surface area contributed by atoms with Gasteiger partial charge >= 0.3 is 0 Å². The Morgan fingerprint density at radius 3 is 3.21 bits per heavy atom. The molecule has 0 spiro atoms. The molecule has 0 bridgehead atoms. The first-order chi connectivity index (χ1) is 6.84. The topological polar surface area (TPSA) is 47.0 Å². The Balaban J connectivity index is 1.95. The highest BCUT2D eigenvalue weighted by molar-refractivity contribution is 5.26. The van der Waals surface area contributed by atoms with E-state index in [1.165, 1.54) is 0 Å². The van der Waals surface area contributed by atoms with Gasteiger partial charge in [0, 0.05) is 18.5 Å². The Morgan fingerprint density at radius 2 is 2.50 bits per heavy atom. The highest BCUT2D eigenvalue weighted by atomic mass is 16.5. The molecule has 0 saturated carbocycles. The van der Waals surface area contributed by atoms with Crippen LogP contribution in [-0.4, -0.2) is 29.2 Å². The van der Waals surface area contributed by atoms with Gasteiger partial charge in [-0.15, -0.1) is 0 Å². The zero-order chi connectivity index (χ0) is 9.80. The van der Waals surface area contributed by atoms with Crippen LogP contribution in [0.4, 0.5) is 5.95 Å². The Hall–Kier alpha value is -1.16. The number of hydrogen-bond acceptors (Lipinski definition) is 4. The first kappa shape index (κ1) is 9.40. The van der Waals surface area contributed by atoms with Crippen molar-refractivity contribution in [3.05, 3.63) is 18.0 Å². The standard InChI is InChI=1S/C10H15N3O/c1-8-4-5-11-10(12-8)13-9-3-2-6-14-7-9/h4-5,9H,2-3,6-7H2,1H3,(H,11,12,13). The molecule has 1 unspecified atom stereocenters. The van der Waals surface area contributed by atoms with Gasteiger partial charge in [-0.1, -0.05) is 0 Å². The molecular weight excluding hydrogens is 178 g/mol. The van der Waals surface area contributed by atoms with E-state index in [2.05, 4.69) is 15.3 Å². The maximum Gasteiger partial charge on any atom is 0.223 e. The van der Waals surface area contributed by atoms with Gasteiger partial charge in [0.25, 0.3) is 0 Å². The molecule has 0 aliphatic carbocycles. The van der Waals surface area contributed by atoms with Crippen LogP contribution in [0.25, 0.3) is 0 Å². The van der Waals surface area contributed by atoms with Gasteiger partial charge in [0.1, 0.15) is 0 Å². The first-order valence-corrected chi connectivity index (χ1v) is 4.98. The van der Waals surface area contributed by atoms with Gasteiger partial charge in [0.05, 0.1) is 12.6 Å². The van der Waals surface area contributed by atoms with E-state index in [1.54, 1.807) is 6.20 Å². The summed E-state index contributed by atoms with van der Waals surface area (Å²) in [4.78, 5) is 8.45. The van der Waals surface area contributed by atoms with E-state index in [9.17, 15) is 0 Å². The molecule has 1 atom stereocenters. The van der Waals surface area contributed by atoms with Crippen molar-refractivity contribution in [2.75, 3.05) is 18.5 Å². The number of aromatic nitrogens is 2. The zero-order valence-corrected chi connectivity index (χ0v) is 8.36. The molecule has 0 radical (unpaired) electrons. The molecule has 1 aliphatic rings. The van der Waals surface area contributed by atoms with Crippen molar-refractivity contribution in [1.29, 1.82) is 0 Å². The quantitative estimate of drug-likeness (QED) is 0.770. The summed E-state index contributed by atoms with van der Waals surface area (Å²) in [6.07, 6.45) is 4.02. The molecule has 1 fully saturated rings. The fourth-order valence-electron chi connectivity index (χ4n) is 1.56. The summed E-state index contributed by atoms with van der Waals surface area (Å²) < 4.78 is 5.37. The monoisotopic (exact) mass is 193 g/mol. The Morgan fingerprint density at radius 1 is 1.57 bits per heavy atom. The normalized spacial score (nSPS) is 21.9. The summed E-state index contributed by atoms with van der Waals surface area (Å²) in [7, 11) is 0. The Bertz CT molecular complexity index is 297. The maximum absolute atomic E-state index is 5.37. The molecule has 2 rings (SSSR count). The molecule has 0 amide bonds. The number of nitrogens with zero attached hydrogens (tertiary/aromatic N) is 2. The van der Waals surface area contributed by atoms with E-state index >= 15 is 0 Å². The zero-order valence-electron chi connectivity index (χ0n) is 8.36. The average Bonchev–Trinajstić information content (AvgIpc) is 2.19. The largest absolute Gasteiger partial charge is 0.379 e. The van der Waals surface area contributed by atoms with Crippen LogP contribution in [0.15, 0.2) is 12.3 Å². The number of rotatable bonds is 2. The van der Waals surface area contributed by atoms with Crippen LogP contribution < -0.4 is 5.32 Å². The third-order valence-electron chi connectivity index (χ3n) is 2.29. The van der Waals surface area contributed by atoms with Crippen molar-refractivity contribution in [2.45, 2.75) is 25.8 Å². The lowest BCUT2D eigenvalue weighted by Gasteiger charge is -2.22. The van der Waals surface area contributed by atoms with Crippen molar-refractivity contribution in [1.82, 2.24) is 9.97 Å². The van der Waals surface area contributed by atoms with Crippen molar-refractivity contribution < 1.29 is 4.74 Å². The molecule has 0 aromatic carbocycles. The molecule has 1 aromatic heterocycles. The van der Waals surface area contributed by atoms with Crippen molar-refractivity contribution >= 4 is 5.95 Å². The van der Waals surface area contributed by atoms with Crippen LogP contribution >= 0.6 is 0 Å². The van der Waals surface area contributed by atoms with Crippen LogP contribution in [0.3, 0.4) is 0 Å². The molecular formula is C10H15N3O. The van der Waals surface area contributed by atoms with Gasteiger partial charge < -0.3 is 10.1 Å². The Kier molecular flexibility index (Phi) is 2.93. The minimum Gasteiger partial charge on any atom is -0.379 e. The van der Waals surface area contributed by atoms with Crippen LogP contribution in [0.5, 0.6) is 0 Å². The van der Waals surface area contributed by atoms with Crippen LogP contribution in [0.1, 0.15) is 18.5 Å². The summed E-state index contributed by atoms with van der Waals surface area (Å²) >= 11 is 0. The molecule has 1 N–H and O–H groups in total.